The third kappa shape index (κ3) is 2.25. The lowest BCUT2D eigenvalue weighted by atomic mass is 10.1. The van der Waals surface area contributed by atoms with Gasteiger partial charge in [-0.3, -0.25) is 0 Å². The molecule has 3 heteroatoms. The summed E-state index contributed by atoms with van der Waals surface area (Å²) >= 11 is 0. The van der Waals surface area contributed by atoms with Crippen LogP contribution >= 0.6 is 0 Å². The molecule has 1 spiro atoms. The van der Waals surface area contributed by atoms with Gasteiger partial charge in [0.2, 0.25) is 0 Å². The van der Waals surface area contributed by atoms with E-state index in [1.54, 1.807) is 0 Å². The van der Waals surface area contributed by atoms with E-state index in [1.165, 1.54) is 18.4 Å². The van der Waals surface area contributed by atoms with Crippen molar-refractivity contribution >= 4 is 0 Å². The standard InChI is InChI=1S/C14H19NO2/c1-10(15)6-11-2-3-12-13(7-11)17-9-14(4-5-14)8-16-12/h2-3,7,10H,4-6,8-9,15H2,1H3. The Balaban J connectivity index is 1.81. The molecule has 0 saturated heterocycles. The van der Waals surface area contributed by atoms with Crippen molar-refractivity contribution in [3.8, 4) is 11.5 Å². The summed E-state index contributed by atoms with van der Waals surface area (Å²) in [6.07, 6.45) is 3.34. The zero-order valence-corrected chi connectivity index (χ0v) is 10.2. The second kappa shape index (κ2) is 3.91. The normalized spacial score (nSPS) is 22.0. The summed E-state index contributed by atoms with van der Waals surface area (Å²) in [6.45, 7) is 3.61. The molecule has 1 aliphatic heterocycles. The van der Waals surface area contributed by atoms with Gasteiger partial charge in [-0.1, -0.05) is 6.07 Å². The van der Waals surface area contributed by atoms with Crippen LogP contribution in [0.15, 0.2) is 18.2 Å². The molecule has 0 bridgehead atoms. The number of benzene rings is 1. The topological polar surface area (TPSA) is 44.5 Å². The lowest BCUT2D eigenvalue weighted by molar-refractivity contribution is 0.197. The smallest absolute Gasteiger partial charge is 0.161 e. The van der Waals surface area contributed by atoms with Gasteiger partial charge in [0.1, 0.15) is 0 Å². The van der Waals surface area contributed by atoms with E-state index in [0.717, 1.165) is 31.1 Å². The maximum atomic E-state index is 5.88. The molecule has 17 heavy (non-hydrogen) atoms. The Hall–Kier alpha value is -1.22. The third-order valence-electron chi connectivity index (χ3n) is 3.59. The number of rotatable bonds is 2. The molecule has 1 atom stereocenters. The van der Waals surface area contributed by atoms with Gasteiger partial charge < -0.3 is 15.2 Å². The van der Waals surface area contributed by atoms with Gasteiger partial charge in [0.25, 0.3) is 0 Å². The van der Waals surface area contributed by atoms with Crippen molar-refractivity contribution in [2.24, 2.45) is 11.1 Å². The second-order valence-corrected chi connectivity index (χ2v) is 5.54. The van der Waals surface area contributed by atoms with Gasteiger partial charge in [0.05, 0.1) is 13.2 Å². The van der Waals surface area contributed by atoms with Crippen molar-refractivity contribution < 1.29 is 9.47 Å². The molecule has 1 aliphatic carbocycles. The zero-order chi connectivity index (χ0) is 11.9. The van der Waals surface area contributed by atoms with E-state index in [-0.39, 0.29) is 6.04 Å². The van der Waals surface area contributed by atoms with Gasteiger partial charge >= 0.3 is 0 Å². The quantitative estimate of drug-likeness (QED) is 0.851. The van der Waals surface area contributed by atoms with E-state index in [4.69, 9.17) is 15.2 Å². The van der Waals surface area contributed by atoms with Gasteiger partial charge in [-0.25, -0.2) is 0 Å². The summed E-state index contributed by atoms with van der Waals surface area (Å²) in [4.78, 5) is 0. The molecule has 2 aliphatic rings. The van der Waals surface area contributed by atoms with E-state index < -0.39 is 0 Å². The molecule has 92 valence electrons. The fourth-order valence-corrected chi connectivity index (χ4v) is 2.25. The Bertz CT molecular complexity index is 424. The zero-order valence-electron chi connectivity index (χ0n) is 10.2. The van der Waals surface area contributed by atoms with E-state index >= 15 is 0 Å². The molecule has 1 aromatic rings. The predicted octanol–water partition coefficient (Wildman–Crippen LogP) is 2.13. The molecule has 2 N–H and O–H groups in total. The molecule has 0 amide bonds. The minimum Gasteiger partial charge on any atom is -0.489 e. The summed E-state index contributed by atoms with van der Waals surface area (Å²) in [5, 5.41) is 0. The molecule has 1 unspecified atom stereocenters. The Morgan fingerprint density at radius 2 is 1.94 bits per heavy atom. The fourth-order valence-electron chi connectivity index (χ4n) is 2.25. The fraction of sp³-hybridized carbons (Fsp3) is 0.571. The van der Waals surface area contributed by atoms with Gasteiger partial charge in [-0.2, -0.15) is 0 Å². The molecule has 1 saturated carbocycles. The van der Waals surface area contributed by atoms with Crippen molar-refractivity contribution in [1.29, 1.82) is 0 Å². The summed E-state index contributed by atoms with van der Waals surface area (Å²) < 4.78 is 11.7. The van der Waals surface area contributed by atoms with Crippen molar-refractivity contribution in [3.05, 3.63) is 23.8 Å². The summed E-state index contributed by atoms with van der Waals surface area (Å²) in [7, 11) is 0. The lowest BCUT2D eigenvalue weighted by Crippen LogP contribution is -2.18. The van der Waals surface area contributed by atoms with Gasteiger partial charge in [-0.05, 0) is 43.9 Å². The first-order valence-corrected chi connectivity index (χ1v) is 6.31. The molecular weight excluding hydrogens is 214 g/mol. The third-order valence-corrected chi connectivity index (χ3v) is 3.59. The van der Waals surface area contributed by atoms with Crippen LogP contribution in [0.25, 0.3) is 0 Å². The highest BCUT2D eigenvalue weighted by atomic mass is 16.5. The number of hydrogen-bond donors (Lipinski definition) is 1. The number of fused-ring (bicyclic) bond motifs is 1. The van der Waals surface area contributed by atoms with Crippen LogP contribution in [0, 0.1) is 5.41 Å². The Morgan fingerprint density at radius 3 is 2.59 bits per heavy atom. The first kappa shape index (κ1) is 10.9. The largest absolute Gasteiger partial charge is 0.489 e. The van der Waals surface area contributed by atoms with Gasteiger partial charge in [0.15, 0.2) is 11.5 Å². The highest BCUT2D eigenvalue weighted by molar-refractivity contribution is 5.44. The molecule has 1 heterocycles. The highest BCUT2D eigenvalue weighted by Gasteiger charge is 2.46. The minimum absolute atomic E-state index is 0.175. The molecular formula is C14H19NO2. The van der Waals surface area contributed by atoms with Crippen LogP contribution in [0.1, 0.15) is 25.3 Å². The molecule has 3 nitrogen and oxygen atoms in total. The molecule has 0 radical (unpaired) electrons. The second-order valence-electron chi connectivity index (χ2n) is 5.54. The van der Waals surface area contributed by atoms with Gasteiger partial charge in [-0.15, -0.1) is 0 Å². The number of nitrogens with two attached hydrogens (primary N) is 1. The summed E-state index contributed by atoms with van der Waals surface area (Å²) in [5.41, 5.74) is 7.34. The average Bonchev–Trinajstić information content (AvgIpc) is 3.07. The van der Waals surface area contributed by atoms with Crippen molar-refractivity contribution in [1.82, 2.24) is 0 Å². The van der Waals surface area contributed by atoms with Crippen molar-refractivity contribution in [2.75, 3.05) is 13.2 Å². The molecule has 0 aromatic heterocycles. The van der Waals surface area contributed by atoms with E-state index in [2.05, 4.69) is 12.1 Å². The molecule has 3 rings (SSSR count). The highest BCUT2D eigenvalue weighted by Crippen LogP contribution is 2.49. The van der Waals surface area contributed by atoms with Crippen LogP contribution < -0.4 is 15.2 Å². The van der Waals surface area contributed by atoms with Crippen LogP contribution in [0.2, 0.25) is 0 Å². The summed E-state index contributed by atoms with van der Waals surface area (Å²) in [6, 6.07) is 6.33. The molecule has 1 aromatic carbocycles. The Labute approximate surface area is 102 Å². The van der Waals surface area contributed by atoms with E-state index in [0.29, 0.717) is 5.41 Å². The van der Waals surface area contributed by atoms with Crippen LogP contribution in [-0.2, 0) is 6.42 Å². The lowest BCUT2D eigenvalue weighted by Gasteiger charge is -2.10. The van der Waals surface area contributed by atoms with Crippen LogP contribution in [-0.4, -0.2) is 19.3 Å². The average molecular weight is 233 g/mol. The molecule has 1 fully saturated rings. The Morgan fingerprint density at radius 1 is 1.24 bits per heavy atom. The van der Waals surface area contributed by atoms with Gasteiger partial charge in [0, 0.05) is 11.5 Å². The van der Waals surface area contributed by atoms with Crippen molar-refractivity contribution in [2.45, 2.75) is 32.2 Å². The monoisotopic (exact) mass is 233 g/mol. The van der Waals surface area contributed by atoms with Crippen LogP contribution in [0.5, 0.6) is 11.5 Å². The van der Waals surface area contributed by atoms with Crippen LogP contribution in [0.3, 0.4) is 0 Å². The maximum Gasteiger partial charge on any atom is 0.161 e. The predicted molar refractivity (Wildman–Crippen MR) is 66.5 cm³/mol. The summed E-state index contributed by atoms with van der Waals surface area (Å²) in [5.74, 6) is 1.76. The maximum absolute atomic E-state index is 5.88. The van der Waals surface area contributed by atoms with E-state index in [1.807, 2.05) is 13.0 Å². The van der Waals surface area contributed by atoms with Crippen molar-refractivity contribution in [3.63, 3.8) is 0 Å². The first-order valence-electron chi connectivity index (χ1n) is 6.31. The number of hydrogen-bond acceptors (Lipinski definition) is 3. The Kier molecular flexibility index (Phi) is 2.51. The first-order chi connectivity index (χ1) is 8.17. The van der Waals surface area contributed by atoms with Crippen LogP contribution in [0.4, 0.5) is 0 Å². The minimum atomic E-state index is 0.175. The number of ether oxygens (including phenoxy) is 2. The van der Waals surface area contributed by atoms with E-state index in [9.17, 15) is 0 Å². The SMILES string of the molecule is CC(N)Cc1ccc2c(c1)OCC1(CC1)CO2.